The number of nitrogens with zero attached hydrogens (tertiary/aromatic N) is 1. The molecule has 2 nitrogen and oxygen atoms in total. The first-order valence-corrected chi connectivity index (χ1v) is 8.18. The fraction of sp³-hybridized carbons (Fsp3) is 0.571. The van der Waals surface area contributed by atoms with E-state index in [4.69, 9.17) is 5.73 Å². The number of anilines is 1. The SMILES string of the molecule is CC1(C)CCN(c2cccc(Br)c2CN)CCS1. The Hall–Kier alpha value is -0.190. The van der Waals surface area contributed by atoms with Crippen LogP contribution in [-0.4, -0.2) is 23.6 Å². The number of thioether (sulfide) groups is 1. The maximum absolute atomic E-state index is 5.89. The summed E-state index contributed by atoms with van der Waals surface area (Å²) in [7, 11) is 0. The van der Waals surface area contributed by atoms with Crippen LogP contribution in [0.4, 0.5) is 5.69 Å². The fourth-order valence-electron chi connectivity index (χ4n) is 2.31. The summed E-state index contributed by atoms with van der Waals surface area (Å²) < 4.78 is 1.52. The molecule has 1 aromatic carbocycles. The van der Waals surface area contributed by atoms with Crippen molar-refractivity contribution >= 4 is 33.4 Å². The Balaban J connectivity index is 2.24. The smallest absolute Gasteiger partial charge is 0.0423 e. The second-order valence-electron chi connectivity index (χ2n) is 5.29. The molecule has 0 saturated carbocycles. The Labute approximate surface area is 122 Å². The van der Waals surface area contributed by atoms with Crippen molar-refractivity contribution in [3.05, 3.63) is 28.2 Å². The van der Waals surface area contributed by atoms with E-state index in [0.717, 1.165) is 17.6 Å². The molecule has 18 heavy (non-hydrogen) atoms. The van der Waals surface area contributed by atoms with Crippen LogP contribution in [0.15, 0.2) is 22.7 Å². The van der Waals surface area contributed by atoms with Crippen molar-refractivity contribution in [1.29, 1.82) is 0 Å². The molecule has 1 fully saturated rings. The number of nitrogens with two attached hydrogens (primary N) is 1. The lowest BCUT2D eigenvalue weighted by molar-refractivity contribution is 0.636. The highest BCUT2D eigenvalue weighted by Gasteiger charge is 2.24. The molecule has 0 spiro atoms. The van der Waals surface area contributed by atoms with Crippen molar-refractivity contribution in [3.63, 3.8) is 0 Å². The Bertz CT molecular complexity index is 420. The molecule has 0 atom stereocenters. The van der Waals surface area contributed by atoms with Crippen molar-refractivity contribution in [2.45, 2.75) is 31.6 Å². The largest absolute Gasteiger partial charge is 0.370 e. The summed E-state index contributed by atoms with van der Waals surface area (Å²) in [5, 5.41) is 0. The highest BCUT2D eigenvalue weighted by molar-refractivity contribution is 9.10. The molecule has 1 heterocycles. The van der Waals surface area contributed by atoms with E-state index in [1.807, 2.05) is 0 Å². The molecular weight excluding hydrogens is 308 g/mol. The summed E-state index contributed by atoms with van der Waals surface area (Å²) in [6.07, 6.45) is 1.22. The standard InChI is InChI=1S/C14H21BrN2S/c1-14(2)6-7-17(8-9-18-14)13-5-3-4-12(15)11(13)10-16/h3-5H,6-10,16H2,1-2H3. The van der Waals surface area contributed by atoms with Gasteiger partial charge in [-0.15, -0.1) is 0 Å². The first-order chi connectivity index (χ1) is 8.53. The van der Waals surface area contributed by atoms with E-state index in [2.05, 4.69) is 64.6 Å². The second kappa shape index (κ2) is 5.85. The van der Waals surface area contributed by atoms with E-state index in [9.17, 15) is 0 Å². The zero-order valence-electron chi connectivity index (χ0n) is 11.1. The van der Waals surface area contributed by atoms with Crippen LogP contribution in [0.1, 0.15) is 25.8 Å². The molecule has 1 aliphatic rings. The van der Waals surface area contributed by atoms with Gasteiger partial charge >= 0.3 is 0 Å². The number of rotatable bonds is 2. The molecule has 2 N–H and O–H groups in total. The van der Waals surface area contributed by atoms with Gasteiger partial charge in [-0.05, 0) is 18.6 Å². The topological polar surface area (TPSA) is 29.3 Å². The highest BCUT2D eigenvalue weighted by Crippen LogP contribution is 2.34. The van der Waals surface area contributed by atoms with Gasteiger partial charge in [-0.2, -0.15) is 11.8 Å². The average molecular weight is 329 g/mol. The molecule has 0 radical (unpaired) electrons. The van der Waals surface area contributed by atoms with Crippen molar-refractivity contribution in [3.8, 4) is 0 Å². The van der Waals surface area contributed by atoms with Gasteiger partial charge in [-0.3, -0.25) is 0 Å². The fourth-order valence-corrected chi connectivity index (χ4v) is 3.92. The molecule has 2 rings (SSSR count). The molecule has 100 valence electrons. The molecule has 1 aromatic rings. The summed E-state index contributed by atoms with van der Waals surface area (Å²) in [5.41, 5.74) is 8.41. The van der Waals surface area contributed by atoms with E-state index >= 15 is 0 Å². The maximum atomic E-state index is 5.89. The van der Waals surface area contributed by atoms with Gasteiger partial charge in [-0.1, -0.05) is 35.8 Å². The van der Waals surface area contributed by atoms with Gasteiger partial charge in [-0.25, -0.2) is 0 Å². The van der Waals surface area contributed by atoms with Crippen LogP contribution in [0.25, 0.3) is 0 Å². The number of halogens is 1. The Kier molecular flexibility index (Phi) is 4.62. The van der Waals surface area contributed by atoms with Crippen molar-refractivity contribution in [1.82, 2.24) is 0 Å². The van der Waals surface area contributed by atoms with Gasteiger partial charge in [0.1, 0.15) is 0 Å². The first-order valence-electron chi connectivity index (χ1n) is 6.40. The van der Waals surface area contributed by atoms with Crippen LogP contribution in [0.2, 0.25) is 0 Å². The van der Waals surface area contributed by atoms with E-state index < -0.39 is 0 Å². The van der Waals surface area contributed by atoms with Crippen LogP contribution in [0.5, 0.6) is 0 Å². The molecule has 0 unspecified atom stereocenters. The zero-order valence-corrected chi connectivity index (χ0v) is 13.5. The molecule has 0 aliphatic carbocycles. The highest BCUT2D eigenvalue weighted by atomic mass is 79.9. The van der Waals surface area contributed by atoms with Gasteiger partial charge in [0, 0.05) is 45.9 Å². The third-order valence-electron chi connectivity index (χ3n) is 3.48. The minimum Gasteiger partial charge on any atom is -0.370 e. The summed E-state index contributed by atoms with van der Waals surface area (Å²) in [6, 6.07) is 6.36. The predicted octanol–water partition coefficient (Wildman–Crippen LogP) is 3.63. The van der Waals surface area contributed by atoms with Crippen LogP contribution in [0, 0.1) is 0 Å². The van der Waals surface area contributed by atoms with E-state index in [1.165, 1.54) is 23.4 Å². The summed E-state index contributed by atoms with van der Waals surface area (Å²) in [6.45, 7) is 7.49. The minimum atomic E-state index is 0.393. The monoisotopic (exact) mass is 328 g/mol. The molecule has 4 heteroatoms. The quantitative estimate of drug-likeness (QED) is 0.898. The van der Waals surface area contributed by atoms with Crippen molar-refractivity contribution in [2.24, 2.45) is 5.73 Å². The van der Waals surface area contributed by atoms with E-state index in [-0.39, 0.29) is 0 Å². The van der Waals surface area contributed by atoms with Crippen molar-refractivity contribution < 1.29 is 0 Å². The van der Waals surface area contributed by atoms with Gasteiger partial charge in [0.05, 0.1) is 0 Å². The number of hydrogen-bond acceptors (Lipinski definition) is 3. The molecule has 0 amide bonds. The Morgan fingerprint density at radius 3 is 2.89 bits per heavy atom. The van der Waals surface area contributed by atoms with Gasteiger partial charge in [0.15, 0.2) is 0 Å². The Morgan fingerprint density at radius 2 is 2.17 bits per heavy atom. The predicted molar refractivity (Wildman–Crippen MR) is 85.4 cm³/mol. The average Bonchev–Trinajstić information content (AvgIpc) is 2.50. The number of hydrogen-bond donors (Lipinski definition) is 1. The van der Waals surface area contributed by atoms with Gasteiger partial charge < -0.3 is 10.6 Å². The first kappa shape index (κ1) is 14.2. The lowest BCUT2D eigenvalue weighted by Gasteiger charge is -2.26. The summed E-state index contributed by atoms with van der Waals surface area (Å²) in [4.78, 5) is 2.48. The van der Waals surface area contributed by atoms with Crippen molar-refractivity contribution in [2.75, 3.05) is 23.7 Å². The normalized spacial score (nSPS) is 19.7. The van der Waals surface area contributed by atoms with Crippen LogP contribution >= 0.6 is 27.7 Å². The number of benzene rings is 1. The zero-order chi connectivity index (χ0) is 13.2. The summed E-state index contributed by atoms with van der Waals surface area (Å²) >= 11 is 5.68. The molecule has 1 saturated heterocycles. The lowest BCUT2D eigenvalue weighted by Crippen LogP contribution is -2.28. The minimum absolute atomic E-state index is 0.393. The molecule has 1 aliphatic heterocycles. The van der Waals surface area contributed by atoms with E-state index in [1.54, 1.807) is 0 Å². The Morgan fingerprint density at radius 1 is 1.39 bits per heavy atom. The maximum Gasteiger partial charge on any atom is 0.0423 e. The second-order valence-corrected chi connectivity index (χ2v) is 7.94. The van der Waals surface area contributed by atoms with E-state index in [0.29, 0.717) is 11.3 Å². The lowest BCUT2D eigenvalue weighted by atomic mass is 10.1. The van der Waals surface area contributed by atoms with Crippen LogP contribution in [-0.2, 0) is 6.54 Å². The van der Waals surface area contributed by atoms with Crippen LogP contribution < -0.4 is 10.6 Å². The molecule has 0 aromatic heterocycles. The van der Waals surface area contributed by atoms with Gasteiger partial charge in [0.25, 0.3) is 0 Å². The third kappa shape index (κ3) is 3.22. The molecular formula is C14H21BrN2S. The third-order valence-corrected chi connectivity index (χ3v) is 5.59. The molecule has 0 bridgehead atoms. The van der Waals surface area contributed by atoms with Crippen LogP contribution in [0.3, 0.4) is 0 Å². The summed E-state index contributed by atoms with van der Waals surface area (Å²) in [5.74, 6) is 1.18. The van der Waals surface area contributed by atoms with Gasteiger partial charge in [0.2, 0.25) is 0 Å².